The Morgan fingerprint density at radius 3 is 2.66 bits per heavy atom. The first kappa shape index (κ1) is 21.5. The number of amides is 1. The number of aryl methyl sites for hydroxylation is 2. The van der Waals surface area contributed by atoms with E-state index in [1.54, 1.807) is 6.92 Å². The van der Waals surface area contributed by atoms with E-state index in [2.05, 4.69) is 18.3 Å². The summed E-state index contributed by atoms with van der Waals surface area (Å²) in [6, 6.07) is 6.11. The first-order valence-electron chi connectivity index (χ1n) is 10.1. The van der Waals surface area contributed by atoms with Gasteiger partial charge in [-0.2, -0.15) is 0 Å². The van der Waals surface area contributed by atoms with Crippen LogP contribution >= 0.6 is 11.3 Å². The molecule has 1 aromatic heterocycles. The zero-order valence-electron chi connectivity index (χ0n) is 17.3. The number of hydrogen-bond acceptors (Lipinski definition) is 5. The lowest BCUT2D eigenvalue weighted by molar-refractivity contribution is -0.907. The molecule has 0 radical (unpaired) electrons. The van der Waals surface area contributed by atoms with Crippen LogP contribution in [0.5, 0.6) is 0 Å². The molecule has 0 unspecified atom stereocenters. The van der Waals surface area contributed by atoms with E-state index in [1.165, 1.54) is 21.8 Å². The van der Waals surface area contributed by atoms with E-state index in [0.29, 0.717) is 17.0 Å². The van der Waals surface area contributed by atoms with Gasteiger partial charge in [0.25, 0.3) is 0 Å². The Hall–Kier alpha value is -2.22. The van der Waals surface area contributed by atoms with Crippen molar-refractivity contribution in [2.24, 2.45) is 0 Å². The topological polar surface area (TPSA) is 69.1 Å². The van der Waals surface area contributed by atoms with Crippen LogP contribution in [0.4, 0.5) is 5.00 Å². The van der Waals surface area contributed by atoms with Gasteiger partial charge in [0.2, 0.25) is 5.91 Å². The Morgan fingerprint density at radius 2 is 1.97 bits per heavy atom. The van der Waals surface area contributed by atoms with Gasteiger partial charge in [-0.05, 0) is 37.5 Å². The van der Waals surface area contributed by atoms with Crippen LogP contribution in [0, 0.1) is 13.8 Å². The molecule has 1 aromatic carbocycles. The normalized spacial score (nSPS) is 14.6. The number of nitrogens with one attached hydrogen (secondary N) is 2. The third-order valence-corrected chi connectivity index (χ3v) is 6.14. The SMILES string of the molecule is CCOC(=O)c1c(-c2ccc(C)c(C)c2)csc1NC(=O)CC[NH+]1CCOCC1. The first-order valence-corrected chi connectivity index (χ1v) is 10.9. The van der Waals surface area contributed by atoms with Gasteiger partial charge in [-0.3, -0.25) is 4.79 Å². The van der Waals surface area contributed by atoms with Crippen LogP contribution in [-0.2, 0) is 14.3 Å². The number of carbonyl (C=O) groups is 2. The van der Waals surface area contributed by atoms with Crippen molar-refractivity contribution in [2.75, 3.05) is 44.8 Å². The molecule has 0 atom stereocenters. The summed E-state index contributed by atoms with van der Waals surface area (Å²) < 4.78 is 10.6. The Labute approximate surface area is 175 Å². The molecule has 7 heteroatoms. The molecule has 1 amide bonds. The summed E-state index contributed by atoms with van der Waals surface area (Å²) in [5.41, 5.74) is 4.53. The second-order valence-electron chi connectivity index (χ2n) is 7.28. The van der Waals surface area contributed by atoms with E-state index in [-0.39, 0.29) is 12.5 Å². The highest BCUT2D eigenvalue weighted by molar-refractivity contribution is 7.15. The van der Waals surface area contributed by atoms with Crippen molar-refractivity contribution < 1.29 is 24.0 Å². The standard InChI is InChI=1S/C22H28N2O4S/c1-4-28-22(26)20-18(17-6-5-15(2)16(3)13-17)14-29-21(20)23-19(25)7-8-24-9-11-27-12-10-24/h5-6,13-14H,4,7-12H2,1-3H3,(H,23,25)/p+1. The van der Waals surface area contributed by atoms with Gasteiger partial charge in [0.1, 0.15) is 23.7 Å². The lowest BCUT2D eigenvalue weighted by atomic mass is 9.99. The van der Waals surface area contributed by atoms with Gasteiger partial charge in [-0.15, -0.1) is 11.3 Å². The molecule has 0 saturated carbocycles. The minimum absolute atomic E-state index is 0.0805. The lowest BCUT2D eigenvalue weighted by Crippen LogP contribution is -3.14. The molecule has 156 valence electrons. The maximum Gasteiger partial charge on any atom is 0.341 e. The third-order valence-electron chi connectivity index (χ3n) is 5.25. The fourth-order valence-corrected chi connectivity index (χ4v) is 4.34. The highest BCUT2D eigenvalue weighted by atomic mass is 32.1. The van der Waals surface area contributed by atoms with Crippen LogP contribution in [0.3, 0.4) is 0 Å². The number of ether oxygens (including phenoxy) is 2. The molecule has 1 fully saturated rings. The average molecular weight is 418 g/mol. The number of quaternary nitrogens is 1. The first-order chi connectivity index (χ1) is 14.0. The fourth-order valence-electron chi connectivity index (χ4n) is 3.37. The Bertz CT molecular complexity index is 872. The van der Waals surface area contributed by atoms with E-state index in [9.17, 15) is 9.59 Å². The highest BCUT2D eigenvalue weighted by Gasteiger charge is 2.23. The van der Waals surface area contributed by atoms with E-state index in [0.717, 1.165) is 49.5 Å². The van der Waals surface area contributed by atoms with E-state index in [1.807, 2.05) is 24.4 Å². The molecule has 29 heavy (non-hydrogen) atoms. The largest absolute Gasteiger partial charge is 0.462 e. The molecular weight excluding hydrogens is 388 g/mol. The number of carbonyl (C=O) groups excluding carboxylic acids is 2. The summed E-state index contributed by atoms with van der Waals surface area (Å²) in [6.45, 7) is 10.3. The second kappa shape index (κ2) is 10.0. The molecule has 0 spiro atoms. The van der Waals surface area contributed by atoms with Gasteiger partial charge in [-0.1, -0.05) is 18.2 Å². The molecule has 6 nitrogen and oxygen atoms in total. The van der Waals surface area contributed by atoms with Gasteiger partial charge in [-0.25, -0.2) is 4.79 Å². The van der Waals surface area contributed by atoms with Crippen LogP contribution in [0.2, 0.25) is 0 Å². The summed E-state index contributed by atoms with van der Waals surface area (Å²) in [6.07, 6.45) is 0.411. The van der Waals surface area contributed by atoms with Crippen molar-refractivity contribution in [3.05, 3.63) is 40.3 Å². The summed E-state index contributed by atoms with van der Waals surface area (Å²) in [5.74, 6) is -0.487. The molecule has 2 N–H and O–H groups in total. The highest BCUT2D eigenvalue weighted by Crippen LogP contribution is 2.37. The number of esters is 1. The molecule has 1 saturated heterocycles. The molecule has 1 aliphatic rings. The zero-order chi connectivity index (χ0) is 20.8. The predicted molar refractivity (Wildman–Crippen MR) is 115 cm³/mol. The number of benzene rings is 1. The molecule has 2 aromatic rings. The quantitative estimate of drug-likeness (QED) is 0.679. The summed E-state index contributed by atoms with van der Waals surface area (Å²) in [7, 11) is 0. The maximum atomic E-state index is 12.7. The Kier molecular flexibility index (Phi) is 7.41. The van der Waals surface area contributed by atoms with Gasteiger partial charge in [0.15, 0.2) is 0 Å². The van der Waals surface area contributed by atoms with Crippen LogP contribution in [-0.4, -0.2) is 51.3 Å². The van der Waals surface area contributed by atoms with Crippen LogP contribution in [0.15, 0.2) is 23.6 Å². The second-order valence-corrected chi connectivity index (χ2v) is 8.16. The van der Waals surface area contributed by atoms with Crippen molar-refractivity contribution in [2.45, 2.75) is 27.2 Å². The number of rotatable bonds is 7. The van der Waals surface area contributed by atoms with Crippen molar-refractivity contribution in [3.8, 4) is 11.1 Å². The Balaban J connectivity index is 1.78. The summed E-state index contributed by atoms with van der Waals surface area (Å²) >= 11 is 1.37. The predicted octanol–water partition coefficient (Wildman–Crippen LogP) is 2.45. The smallest absolute Gasteiger partial charge is 0.341 e. The fraction of sp³-hybridized carbons (Fsp3) is 0.455. The van der Waals surface area contributed by atoms with Crippen molar-refractivity contribution in [3.63, 3.8) is 0 Å². The number of anilines is 1. The number of morpholine rings is 1. The van der Waals surface area contributed by atoms with Crippen LogP contribution < -0.4 is 10.2 Å². The van der Waals surface area contributed by atoms with E-state index < -0.39 is 5.97 Å². The molecule has 1 aliphatic heterocycles. The van der Waals surface area contributed by atoms with Crippen LogP contribution in [0.25, 0.3) is 11.1 Å². The average Bonchev–Trinajstić information content (AvgIpc) is 3.13. The maximum absolute atomic E-state index is 12.7. The van der Waals surface area contributed by atoms with Crippen molar-refractivity contribution in [1.29, 1.82) is 0 Å². The molecule has 0 bridgehead atoms. The van der Waals surface area contributed by atoms with Gasteiger partial charge in [0.05, 0.1) is 32.8 Å². The minimum Gasteiger partial charge on any atom is -0.462 e. The molecule has 0 aliphatic carbocycles. The molecule has 2 heterocycles. The third kappa shape index (κ3) is 5.44. The van der Waals surface area contributed by atoms with Gasteiger partial charge in [0, 0.05) is 10.9 Å². The van der Waals surface area contributed by atoms with Crippen molar-refractivity contribution >= 4 is 28.2 Å². The van der Waals surface area contributed by atoms with Gasteiger partial charge < -0.3 is 19.7 Å². The number of thiophene rings is 1. The molecular formula is C22H29N2O4S+. The Morgan fingerprint density at radius 1 is 1.21 bits per heavy atom. The summed E-state index contributed by atoms with van der Waals surface area (Å²) in [4.78, 5) is 26.6. The zero-order valence-corrected chi connectivity index (χ0v) is 18.1. The minimum atomic E-state index is -0.406. The lowest BCUT2D eigenvalue weighted by Gasteiger charge is -2.23. The van der Waals surface area contributed by atoms with Gasteiger partial charge >= 0.3 is 5.97 Å². The van der Waals surface area contributed by atoms with Crippen LogP contribution in [0.1, 0.15) is 34.8 Å². The van der Waals surface area contributed by atoms with E-state index in [4.69, 9.17) is 9.47 Å². The molecule has 3 rings (SSSR count). The summed E-state index contributed by atoms with van der Waals surface area (Å²) in [5, 5.41) is 5.41. The monoisotopic (exact) mass is 417 g/mol. The van der Waals surface area contributed by atoms with Crippen molar-refractivity contribution in [1.82, 2.24) is 0 Å². The number of hydrogen-bond donors (Lipinski definition) is 2. The van der Waals surface area contributed by atoms with E-state index >= 15 is 0 Å².